The van der Waals surface area contributed by atoms with Crippen LogP contribution >= 0.6 is 0 Å². The van der Waals surface area contributed by atoms with Gasteiger partial charge in [-0.3, -0.25) is 4.79 Å². The smallest absolute Gasteiger partial charge is 0.305 e. The summed E-state index contributed by atoms with van der Waals surface area (Å²) in [4.78, 5) is 11.6. The maximum Gasteiger partial charge on any atom is 0.305 e. The first-order valence-corrected chi connectivity index (χ1v) is 9.78. The highest BCUT2D eigenvalue weighted by atomic mass is 16.5. The Morgan fingerprint density at radius 1 is 0.826 bits per heavy atom. The molecule has 0 atom stereocenters. The normalized spacial score (nSPS) is 10.9. The summed E-state index contributed by atoms with van der Waals surface area (Å²) in [5.74, 6) is -0.0358. The van der Waals surface area contributed by atoms with Crippen LogP contribution in [0, 0.1) is 0 Å². The Morgan fingerprint density at radius 2 is 1.43 bits per heavy atom. The van der Waals surface area contributed by atoms with Gasteiger partial charge in [0.15, 0.2) is 0 Å². The van der Waals surface area contributed by atoms with Gasteiger partial charge in [-0.25, -0.2) is 0 Å². The van der Waals surface area contributed by atoms with Crippen LogP contribution in [-0.2, 0) is 9.53 Å². The van der Waals surface area contributed by atoms with E-state index >= 15 is 0 Å². The Kier molecular flexibility index (Phi) is 18.9. The third kappa shape index (κ3) is 19.3. The number of carbonyl (C=O) groups is 1. The zero-order chi connectivity index (χ0) is 17.0. The fraction of sp³-hybridized carbons (Fsp3) is 0.947. The first-order chi connectivity index (χ1) is 11.3. The first-order valence-electron chi connectivity index (χ1n) is 9.78. The average Bonchev–Trinajstić information content (AvgIpc) is 2.56. The van der Waals surface area contributed by atoms with E-state index in [1.54, 1.807) is 0 Å². The van der Waals surface area contributed by atoms with Crippen molar-refractivity contribution >= 4 is 5.97 Å². The number of unbranched alkanes of at least 4 members (excludes halogenated alkanes) is 10. The first kappa shape index (κ1) is 22.4. The maximum atomic E-state index is 11.6. The monoisotopic (exact) mass is 329 g/mol. The van der Waals surface area contributed by atoms with Crippen LogP contribution in [0.4, 0.5) is 0 Å². The third-order valence-electron chi connectivity index (χ3n) is 4.03. The van der Waals surface area contributed by atoms with Crippen molar-refractivity contribution in [3.8, 4) is 0 Å². The Morgan fingerprint density at radius 3 is 2.13 bits per heavy atom. The highest BCUT2D eigenvalue weighted by Crippen LogP contribution is 2.09. The lowest BCUT2D eigenvalue weighted by atomic mass is 10.1. The van der Waals surface area contributed by atoms with Crippen LogP contribution in [0.2, 0.25) is 0 Å². The molecule has 0 aliphatic carbocycles. The number of carbonyl (C=O) groups excluding carboxylic acids is 1. The maximum absolute atomic E-state index is 11.6. The molecule has 0 fully saturated rings. The van der Waals surface area contributed by atoms with E-state index in [0.717, 1.165) is 38.6 Å². The second kappa shape index (κ2) is 19.4. The van der Waals surface area contributed by atoms with E-state index in [4.69, 9.17) is 9.84 Å². The highest BCUT2D eigenvalue weighted by molar-refractivity contribution is 5.69. The molecule has 0 aliphatic heterocycles. The molecular weight excluding hydrogens is 290 g/mol. The van der Waals surface area contributed by atoms with Crippen LogP contribution in [0.1, 0.15) is 90.4 Å². The number of hydrogen-bond acceptors (Lipinski definition) is 4. The van der Waals surface area contributed by atoms with Gasteiger partial charge in [0.05, 0.1) is 13.2 Å². The van der Waals surface area contributed by atoms with Gasteiger partial charge in [0.1, 0.15) is 0 Å². The molecule has 4 nitrogen and oxygen atoms in total. The van der Waals surface area contributed by atoms with Crippen LogP contribution in [0.5, 0.6) is 0 Å². The van der Waals surface area contributed by atoms with Crippen LogP contribution in [0.3, 0.4) is 0 Å². The molecule has 0 aromatic carbocycles. The molecule has 138 valence electrons. The summed E-state index contributed by atoms with van der Waals surface area (Å²) in [6.07, 6.45) is 14.9. The second-order valence-electron chi connectivity index (χ2n) is 6.33. The number of esters is 1. The number of aliphatic hydroxyl groups excluding tert-OH is 1. The number of rotatable bonds is 18. The summed E-state index contributed by atoms with van der Waals surface area (Å²) in [6.45, 7) is 4.66. The molecule has 0 saturated carbocycles. The van der Waals surface area contributed by atoms with E-state index in [2.05, 4.69) is 12.2 Å². The van der Waals surface area contributed by atoms with Crippen LogP contribution in [-0.4, -0.2) is 37.4 Å². The van der Waals surface area contributed by atoms with Crippen LogP contribution < -0.4 is 5.32 Å². The molecule has 0 heterocycles. The van der Waals surface area contributed by atoms with Crippen molar-refractivity contribution in [3.05, 3.63) is 0 Å². The number of hydrogen-bond donors (Lipinski definition) is 2. The van der Waals surface area contributed by atoms with Crippen molar-refractivity contribution in [2.24, 2.45) is 0 Å². The van der Waals surface area contributed by atoms with Crippen molar-refractivity contribution < 1.29 is 14.6 Å². The van der Waals surface area contributed by atoms with E-state index < -0.39 is 0 Å². The summed E-state index contributed by atoms with van der Waals surface area (Å²) in [7, 11) is 0. The number of ether oxygens (including phenoxy) is 1. The van der Waals surface area contributed by atoms with E-state index in [0.29, 0.717) is 19.6 Å². The largest absolute Gasteiger partial charge is 0.466 e. The lowest BCUT2D eigenvalue weighted by molar-refractivity contribution is -0.143. The SMILES string of the molecule is CCCCCCCCCCOC(=O)CCCCCCNCCO. The minimum Gasteiger partial charge on any atom is -0.466 e. The van der Waals surface area contributed by atoms with E-state index in [-0.39, 0.29) is 12.6 Å². The lowest BCUT2D eigenvalue weighted by Gasteiger charge is -2.05. The van der Waals surface area contributed by atoms with Gasteiger partial charge in [-0.15, -0.1) is 0 Å². The van der Waals surface area contributed by atoms with Crippen molar-refractivity contribution in [2.75, 3.05) is 26.3 Å². The standard InChI is InChI=1S/C19H39NO3/c1-2-3-4-5-6-7-10-13-18-23-19(22)14-11-8-9-12-15-20-16-17-21/h20-21H,2-18H2,1H3. The minimum absolute atomic E-state index is 0.0358. The van der Waals surface area contributed by atoms with E-state index in [1.165, 1.54) is 44.9 Å². The molecule has 0 rings (SSSR count). The van der Waals surface area contributed by atoms with E-state index in [1.807, 2.05) is 0 Å². The molecule has 23 heavy (non-hydrogen) atoms. The van der Waals surface area contributed by atoms with Gasteiger partial charge < -0.3 is 15.2 Å². The summed E-state index contributed by atoms with van der Waals surface area (Å²) in [6, 6.07) is 0. The predicted octanol–water partition coefficient (Wildman–Crippen LogP) is 4.20. The molecule has 0 aromatic heterocycles. The van der Waals surface area contributed by atoms with Crippen molar-refractivity contribution in [2.45, 2.75) is 90.4 Å². The molecule has 0 unspecified atom stereocenters. The molecular formula is C19H39NO3. The zero-order valence-electron chi connectivity index (χ0n) is 15.3. The summed E-state index contributed by atoms with van der Waals surface area (Å²) in [5.41, 5.74) is 0. The van der Waals surface area contributed by atoms with Gasteiger partial charge in [-0.1, -0.05) is 64.7 Å². The van der Waals surface area contributed by atoms with Crippen molar-refractivity contribution in [3.63, 3.8) is 0 Å². The summed E-state index contributed by atoms with van der Waals surface area (Å²) in [5, 5.41) is 11.8. The summed E-state index contributed by atoms with van der Waals surface area (Å²) < 4.78 is 5.27. The fourth-order valence-corrected chi connectivity index (χ4v) is 2.57. The second-order valence-corrected chi connectivity index (χ2v) is 6.33. The van der Waals surface area contributed by atoms with Crippen LogP contribution in [0.15, 0.2) is 0 Å². The minimum atomic E-state index is -0.0358. The molecule has 4 heteroatoms. The Bertz CT molecular complexity index is 247. The molecule has 0 saturated heterocycles. The van der Waals surface area contributed by atoms with Crippen molar-refractivity contribution in [1.82, 2.24) is 5.32 Å². The Balaban J connectivity index is 3.13. The molecule has 0 amide bonds. The van der Waals surface area contributed by atoms with Gasteiger partial charge in [0.25, 0.3) is 0 Å². The molecule has 0 spiro atoms. The lowest BCUT2D eigenvalue weighted by Crippen LogP contribution is -2.19. The molecule has 0 aromatic rings. The molecule has 2 N–H and O–H groups in total. The van der Waals surface area contributed by atoms with Crippen LogP contribution in [0.25, 0.3) is 0 Å². The van der Waals surface area contributed by atoms with Crippen molar-refractivity contribution in [1.29, 1.82) is 0 Å². The molecule has 0 bridgehead atoms. The van der Waals surface area contributed by atoms with Gasteiger partial charge in [-0.2, -0.15) is 0 Å². The fourth-order valence-electron chi connectivity index (χ4n) is 2.57. The Hall–Kier alpha value is -0.610. The highest BCUT2D eigenvalue weighted by Gasteiger charge is 2.02. The third-order valence-corrected chi connectivity index (χ3v) is 4.03. The van der Waals surface area contributed by atoms with Gasteiger partial charge >= 0.3 is 5.97 Å². The number of aliphatic hydroxyl groups is 1. The van der Waals surface area contributed by atoms with Gasteiger partial charge in [-0.05, 0) is 25.8 Å². The molecule has 0 aliphatic rings. The molecule has 0 radical (unpaired) electrons. The van der Waals surface area contributed by atoms with Gasteiger partial charge in [0.2, 0.25) is 0 Å². The topological polar surface area (TPSA) is 58.6 Å². The predicted molar refractivity (Wildman–Crippen MR) is 96.6 cm³/mol. The van der Waals surface area contributed by atoms with Gasteiger partial charge in [0, 0.05) is 13.0 Å². The average molecular weight is 330 g/mol. The quantitative estimate of drug-likeness (QED) is 0.292. The van der Waals surface area contributed by atoms with E-state index in [9.17, 15) is 4.79 Å². The Labute approximate surface area is 143 Å². The zero-order valence-corrected chi connectivity index (χ0v) is 15.3. The summed E-state index contributed by atoms with van der Waals surface area (Å²) >= 11 is 0. The number of nitrogens with one attached hydrogen (secondary N) is 1.